The second kappa shape index (κ2) is 19.7. The van der Waals surface area contributed by atoms with Gasteiger partial charge >= 0.3 is 12.0 Å². The molecule has 2 rings (SSSR count). The zero-order valence-corrected chi connectivity index (χ0v) is 28.3. The lowest BCUT2D eigenvalue weighted by atomic mass is 10.0. The normalized spacial score (nSPS) is 14.3. The van der Waals surface area contributed by atoms with Crippen LogP contribution in [0.5, 0.6) is 0 Å². The van der Waals surface area contributed by atoms with Gasteiger partial charge in [-0.1, -0.05) is 39.8 Å². The number of urea groups is 1. The largest absolute Gasteiger partial charge is 0.461 e. The summed E-state index contributed by atoms with van der Waals surface area (Å²) in [6.45, 7) is 7.98. The van der Waals surface area contributed by atoms with E-state index in [1.54, 1.807) is 38.1 Å². The number of imide groups is 1. The lowest BCUT2D eigenvalue weighted by Gasteiger charge is -2.27. The Bertz CT molecular complexity index is 1440. The average molecular weight is 697 g/mol. The van der Waals surface area contributed by atoms with Crippen LogP contribution in [-0.4, -0.2) is 89.8 Å². The molecule has 1 heterocycles. The number of amides is 7. The molecule has 0 aromatic heterocycles. The van der Waals surface area contributed by atoms with Gasteiger partial charge in [-0.25, -0.2) is 4.79 Å². The van der Waals surface area contributed by atoms with Gasteiger partial charge in [0.2, 0.25) is 17.7 Å². The van der Waals surface area contributed by atoms with E-state index >= 15 is 0 Å². The number of hydrogen-bond acceptors (Lipinski definition) is 10. The Morgan fingerprint density at radius 1 is 0.917 bits per heavy atom. The minimum absolute atomic E-state index is 0.0146. The molecule has 0 fully saturated rings. The van der Waals surface area contributed by atoms with E-state index in [4.69, 9.17) is 10.5 Å². The third-order valence-electron chi connectivity index (χ3n) is 6.68. The molecule has 7 N–H and O–H groups in total. The van der Waals surface area contributed by atoms with Crippen LogP contribution in [0.25, 0.3) is 0 Å². The van der Waals surface area contributed by atoms with Crippen molar-refractivity contribution in [3.8, 4) is 0 Å². The minimum atomic E-state index is -5.04. The van der Waals surface area contributed by atoms with E-state index in [-0.39, 0.29) is 26.0 Å². The van der Waals surface area contributed by atoms with Crippen molar-refractivity contribution in [3.63, 3.8) is 0 Å². The second-order valence-electron chi connectivity index (χ2n) is 10.6. The monoisotopic (exact) mass is 696 g/mol. The number of nitrogens with two attached hydrogens (primary N) is 1. The molecule has 1 aromatic carbocycles. The molecule has 0 spiro atoms. The lowest BCUT2D eigenvalue weighted by molar-refractivity contribution is -0.142. The molecule has 0 saturated carbocycles. The van der Waals surface area contributed by atoms with Crippen LogP contribution < -0.4 is 27.0 Å². The standard InChI is InChI=1S/C28H38N6O11S.C2H6/c1-16(2)24(33-26(39)21(46(42,43)44)12-14-34-22(36)10-11-23(34)37)27(40)32-20(5-4-13-30-28(29)41)25(38)31-19-8-6-18(7-9-19)15-45-17(3)35;1-2/h6-11,16,20-21,24H,4-5,12-15H2,1-3H3,(H,31,38)(H,32,40)(H,33,39)(H3,29,30,41)(H,42,43,44);1-2H3/t20-,21-,24?;/m0./s1. The van der Waals surface area contributed by atoms with E-state index in [0.717, 1.165) is 12.2 Å². The Morgan fingerprint density at radius 3 is 2.00 bits per heavy atom. The number of primary amides is 1. The number of hydrogen-bond donors (Lipinski definition) is 6. The molecule has 7 amide bonds. The van der Waals surface area contributed by atoms with Crippen LogP contribution in [0.2, 0.25) is 0 Å². The molecule has 48 heavy (non-hydrogen) atoms. The van der Waals surface area contributed by atoms with Crippen LogP contribution in [0.1, 0.15) is 59.4 Å². The van der Waals surface area contributed by atoms with Crippen molar-refractivity contribution in [1.82, 2.24) is 20.9 Å². The van der Waals surface area contributed by atoms with Crippen LogP contribution in [0.15, 0.2) is 36.4 Å². The summed E-state index contributed by atoms with van der Waals surface area (Å²) in [5.41, 5.74) is 6.09. The van der Waals surface area contributed by atoms with E-state index < -0.39 is 87.9 Å². The van der Waals surface area contributed by atoms with Gasteiger partial charge in [-0.3, -0.25) is 38.2 Å². The molecule has 1 aromatic rings. The summed E-state index contributed by atoms with van der Waals surface area (Å²) in [6, 6.07) is 2.97. The van der Waals surface area contributed by atoms with Crippen LogP contribution in [0.3, 0.4) is 0 Å². The zero-order chi connectivity index (χ0) is 36.6. The number of ether oxygens (including phenoxy) is 1. The van der Waals surface area contributed by atoms with Gasteiger partial charge in [0.15, 0.2) is 5.25 Å². The van der Waals surface area contributed by atoms with E-state index in [1.807, 2.05) is 13.8 Å². The third-order valence-corrected chi connectivity index (χ3v) is 7.85. The van der Waals surface area contributed by atoms with Crippen molar-refractivity contribution in [2.75, 3.05) is 18.4 Å². The first-order chi connectivity index (χ1) is 22.5. The van der Waals surface area contributed by atoms with Crippen molar-refractivity contribution < 1.29 is 51.3 Å². The number of nitrogens with zero attached hydrogens (tertiary/aromatic N) is 1. The number of rotatable bonds is 17. The molecule has 17 nitrogen and oxygen atoms in total. The molecule has 0 saturated heterocycles. The maximum Gasteiger partial charge on any atom is 0.312 e. The number of carbonyl (C=O) groups excluding carboxylic acids is 7. The number of carbonyl (C=O) groups is 7. The van der Waals surface area contributed by atoms with E-state index in [2.05, 4.69) is 21.3 Å². The molecule has 1 aliphatic heterocycles. The van der Waals surface area contributed by atoms with Gasteiger partial charge in [-0.2, -0.15) is 8.42 Å². The highest BCUT2D eigenvalue weighted by Crippen LogP contribution is 2.14. The van der Waals surface area contributed by atoms with Crippen molar-refractivity contribution in [1.29, 1.82) is 0 Å². The van der Waals surface area contributed by atoms with Crippen LogP contribution >= 0.6 is 0 Å². The summed E-state index contributed by atoms with van der Waals surface area (Å²) in [7, 11) is -5.04. The molecule has 1 unspecified atom stereocenters. The highest BCUT2D eigenvalue weighted by molar-refractivity contribution is 7.87. The Hall–Kier alpha value is -4.84. The summed E-state index contributed by atoms with van der Waals surface area (Å²) < 4.78 is 38.8. The van der Waals surface area contributed by atoms with Crippen molar-refractivity contribution in [2.45, 2.75) is 77.8 Å². The van der Waals surface area contributed by atoms with E-state index in [0.29, 0.717) is 16.2 Å². The fourth-order valence-corrected chi connectivity index (χ4v) is 4.98. The Morgan fingerprint density at radius 2 is 1.50 bits per heavy atom. The fourth-order valence-electron chi connectivity index (χ4n) is 4.24. The minimum Gasteiger partial charge on any atom is -0.461 e. The molecule has 18 heteroatoms. The summed E-state index contributed by atoms with van der Waals surface area (Å²) in [6.07, 6.45) is 1.52. The Labute approximate surface area is 279 Å². The number of anilines is 1. The number of benzene rings is 1. The molecule has 0 bridgehead atoms. The highest BCUT2D eigenvalue weighted by Gasteiger charge is 2.37. The summed E-state index contributed by atoms with van der Waals surface area (Å²) in [4.78, 5) is 86.0. The molecular formula is C30H44N6O11S. The van der Waals surface area contributed by atoms with Gasteiger partial charge in [0.25, 0.3) is 21.9 Å². The number of nitrogens with one attached hydrogen (secondary N) is 4. The van der Waals surface area contributed by atoms with Crippen LogP contribution in [0.4, 0.5) is 10.5 Å². The van der Waals surface area contributed by atoms with E-state index in [1.165, 1.54) is 6.92 Å². The molecular weight excluding hydrogens is 652 g/mol. The first-order valence-electron chi connectivity index (χ1n) is 15.2. The zero-order valence-electron chi connectivity index (χ0n) is 27.5. The molecule has 266 valence electrons. The van der Waals surface area contributed by atoms with Gasteiger partial charge < -0.3 is 31.7 Å². The third kappa shape index (κ3) is 13.9. The summed E-state index contributed by atoms with van der Waals surface area (Å²) in [5.74, 6) is -5.30. The van der Waals surface area contributed by atoms with Gasteiger partial charge in [0.1, 0.15) is 18.7 Å². The maximum atomic E-state index is 13.4. The van der Waals surface area contributed by atoms with Crippen molar-refractivity contribution in [2.24, 2.45) is 11.7 Å². The Balaban J connectivity index is 0.00000565. The average Bonchev–Trinajstić information content (AvgIpc) is 3.33. The van der Waals surface area contributed by atoms with Crippen LogP contribution in [0, 0.1) is 5.92 Å². The van der Waals surface area contributed by atoms with Gasteiger partial charge in [0, 0.05) is 37.9 Å². The molecule has 0 radical (unpaired) electrons. The first-order valence-corrected chi connectivity index (χ1v) is 16.7. The SMILES string of the molecule is CC.CC(=O)OCc1ccc(NC(=O)[C@H](CCCNC(N)=O)NC(=O)C(NC(=O)[C@H](CCN2C(=O)C=CC2=O)S(=O)(=O)O)C(C)C)cc1. The van der Waals surface area contributed by atoms with E-state index in [9.17, 15) is 46.5 Å². The summed E-state index contributed by atoms with van der Waals surface area (Å²) in [5, 5.41) is 7.73. The fraction of sp³-hybridized carbons (Fsp3) is 0.500. The molecule has 0 aliphatic carbocycles. The second-order valence-corrected chi connectivity index (χ2v) is 12.2. The number of esters is 1. The van der Waals surface area contributed by atoms with Gasteiger partial charge in [0.05, 0.1) is 0 Å². The lowest BCUT2D eigenvalue weighted by Crippen LogP contribution is -2.56. The van der Waals surface area contributed by atoms with Gasteiger partial charge in [-0.05, 0) is 42.9 Å². The smallest absolute Gasteiger partial charge is 0.312 e. The quantitative estimate of drug-likeness (QED) is 0.0561. The first kappa shape index (κ1) is 41.2. The van der Waals surface area contributed by atoms with Crippen molar-refractivity contribution in [3.05, 3.63) is 42.0 Å². The highest BCUT2D eigenvalue weighted by atomic mass is 32.2. The predicted octanol–water partition coefficient (Wildman–Crippen LogP) is 0.360. The topological polar surface area (TPSA) is 260 Å². The predicted molar refractivity (Wildman–Crippen MR) is 173 cm³/mol. The molecule has 1 aliphatic rings. The Kier molecular flexibility index (Phi) is 16.9. The maximum absolute atomic E-state index is 13.4. The van der Waals surface area contributed by atoms with Crippen molar-refractivity contribution >= 4 is 57.3 Å². The van der Waals surface area contributed by atoms with Gasteiger partial charge in [-0.15, -0.1) is 0 Å². The van der Waals surface area contributed by atoms with Crippen LogP contribution in [-0.2, 0) is 50.2 Å². The summed E-state index contributed by atoms with van der Waals surface area (Å²) >= 11 is 0. The molecule has 3 atom stereocenters.